The predicted octanol–water partition coefficient (Wildman–Crippen LogP) is 0.977. The highest BCUT2D eigenvalue weighted by atomic mass is 35.5. The van der Waals surface area contributed by atoms with E-state index in [1.54, 1.807) is 13.0 Å². The van der Waals surface area contributed by atoms with Crippen molar-refractivity contribution >= 4 is 38.8 Å². The van der Waals surface area contributed by atoms with Crippen molar-refractivity contribution in [3.63, 3.8) is 0 Å². The number of nitrogens with two attached hydrogens (primary N) is 1. The highest BCUT2D eigenvalue weighted by molar-refractivity contribution is 7.89. The van der Waals surface area contributed by atoms with Gasteiger partial charge >= 0.3 is 0 Å². The molecule has 0 fully saturated rings. The Morgan fingerprint density at radius 1 is 1.53 bits per heavy atom. The SMILES string of the molecule is CCN(CCO)S(=O)(=O)c1cc(C(N)=S)ccc1Cl. The molecule has 1 rings (SSSR count). The number of halogens is 1. The average molecular weight is 323 g/mol. The fraction of sp³-hybridized carbons (Fsp3) is 0.364. The van der Waals surface area contributed by atoms with Gasteiger partial charge in [-0.2, -0.15) is 4.31 Å². The molecule has 0 aliphatic rings. The van der Waals surface area contributed by atoms with Gasteiger partial charge in [-0.25, -0.2) is 8.42 Å². The van der Waals surface area contributed by atoms with E-state index in [1.807, 2.05) is 0 Å². The van der Waals surface area contributed by atoms with Gasteiger partial charge in [0.15, 0.2) is 0 Å². The predicted molar refractivity (Wildman–Crippen MR) is 78.9 cm³/mol. The number of hydrogen-bond donors (Lipinski definition) is 2. The molecule has 0 aliphatic heterocycles. The molecule has 0 bridgehead atoms. The van der Waals surface area contributed by atoms with Crippen molar-refractivity contribution in [2.45, 2.75) is 11.8 Å². The topological polar surface area (TPSA) is 83.6 Å². The van der Waals surface area contributed by atoms with Crippen LogP contribution in [0.2, 0.25) is 5.02 Å². The zero-order valence-electron chi connectivity index (χ0n) is 10.3. The van der Waals surface area contributed by atoms with Crippen molar-refractivity contribution in [3.05, 3.63) is 28.8 Å². The molecule has 0 unspecified atom stereocenters. The minimum atomic E-state index is -3.77. The fourth-order valence-corrected chi connectivity index (χ4v) is 3.62. The van der Waals surface area contributed by atoms with Crippen LogP contribution in [0, 0.1) is 0 Å². The number of rotatable bonds is 6. The molecule has 1 aromatic rings. The quantitative estimate of drug-likeness (QED) is 0.763. The van der Waals surface area contributed by atoms with Gasteiger partial charge in [-0.3, -0.25) is 0 Å². The second-order valence-electron chi connectivity index (χ2n) is 3.73. The molecule has 0 saturated heterocycles. The van der Waals surface area contributed by atoms with Crippen molar-refractivity contribution in [2.24, 2.45) is 5.73 Å². The fourth-order valence-electron chi connectivity index (χ4n) is 1.55. The van der Waals surface area contributed by atoms with Crippen LogP contribution in [0.1, 0.15) is 12.5 Å². The minimum absolute atomic E-state index is 0.00641. The summed E-state index contributed by atoms with van der Waals surface area (Å²) >= 11 is 10.8. The molecule has 0 aliphatic carbocycles. The lowest BCUT2D eigenvalue weighted by atomic mass is 10.2. The van der Waals surface area contributed by atoms with Gasteiger partial charge in [0.25, 0.3) is 0 Å². The van der Waals surface area contributed by atoms with E-state index < -0.39 is 10.0 Å². The number of sulfonamides is 1. The Morgan fingerprint density at radius 3 is 2.63 bits per heavy atom. The van der Waals surface area contributed by atoms with Crippen molar-refractivity contribution in [1.29, 1.82) is 0 Å². The molecular weight excluding hydrogens is 308 g/mol. The summed E-state index contributed by atoms with van der Waals surface area (Å²) in [5.41, 5.74) is 5.91. The van der Waals surface area contributed by atoms with E-state index in [2.05, 4.69) is 0 Å². The Kier molecular flexibility index (Phi) is 5.69. The molecular formula is C11H15ClN2O3S2. The third-order valence-corrected chi connectivity index (χ3v) is 5.23. The number of aliphatic hydroxyl groups is 1. The van der Waals surface area contributed by atoms with Crippen LogP contribution < -0.4 is 5.73 Å². The van der Waals surface area contributed by atoms with Gasteiger partial charge in [-0.15, -0.1) is 0 Å². The monoisotopic (exact) mass is 322 g/mol. The molecule has 1 aromatic carbocycles. The summed E-state index contributed by atoms with van der Waals surface area (Å²) in [4.78, 5) is 0.0353. The van der Waals surface area contributed by atoms with Crippen molar-refractivity contribution < 1.29 is 13.5 Å². The van der Waals surface area contributed by atoms with Gasteiger partial charge in [-0.05, 0) is 12.1 Å². The van der Waals surface area contributed by atoms with E-state index >= 15 is 0 Å². The maximum atomic E-state index is 12.4. The van der Waals surface area contributed by atoms with Crippen LogP contribution in [0.15, 0.2) is 23.1 Å². The largest absolute Gasteiger partial charge is 0.395 e. The highest BCUT2D eigenvalue weighted by Gasteiger charge is 2.25. The van der Waals surface area contributed by atoms with Crippen LogP contribution in [0.5, 0.6) is 0 Å². The summed E-state index contributed by atoms with van der Waals surface area (Å²) in [6.07, 6.45) is 0. The van der Waals surface area contributed by atoms with E-state index in [-0.39, 0.29) is 34.6 Å². The molecule has 0 spiro atoms. The van der Waals surface area contributed by atoms with Gasteiger partial charge in [0.05, 0.1) is 11.6 Å². The molecule has 0 aromatic heterocycles. The molecule has 0 atom stereocenters. The van der Waals surface area contributed by atoms with E-state index in [4.69, 9.17) is 34.7 Å². The van der Waals surface area contributed by atoms with Crippen LogP contribution >= 0.6 is 23.8 Å². The lowest BCUT2D eigenvalue weighted by Gasteiger charge is -2.20. The normalized spacial score (nSPS) is 11.8. The summed E-state index contributed by atoms with van der Waals surface area (Å²) in [7, 11) is -3.77. The first-order valence-corrected chi connectivity index (χ1v) is 7.77. The van der Waals surface area contributed by atoms with Gasteiger partial charge in [0, 0.05) is 18.7 Å². The number of thiocarbonyl (C=S) groups is 1. The third kappa shape index (κ3) is 3.64. The maximum absolute atomic E-state index is 12.4. The number of nitrogens with zero attached hydrogens (tertiary/aromatic N) is 1. The van der Waals surface area contributed by atoms with Crippen LogP contribution in [-0.4, -0.2) is 42.5 Å². The van der Waals surface area contributed by atoms with Crippen molar-refractivity contribution in [3.8, 4) is 0 Å². The van der Waals surface area contributed by atoms with E-state index in [0.717, 1.165) is 4.31 Å². The molecule has 0 saturated carbocycles. The third-order valence-electron chi connectivity index (χ3n) is 2.54. The molecule has 0 heterocycles. The van der Waals surface area contributed by atoms with Gasteiger partial charge < -0.3 is 10.8 Å². The average Bonchev–Trinajstić information content (AvgIpc) is 2.35. The van der Waals surface area contributed by atoms with E-state index in [1.165, 1.54) is 12.1 Å². The Hall–Kier alpha value is -0.730. The molecule has 0 radical (unpaired) electrons. The molecule has 0 amide bonds. The smallest absolute Gasteiger partial charge is 0.244 e. The van der Waals surface area contributed by atoms with Crippen molar-refractivity contribution in [2.75, 3.05) is 19.7 Å². The zero-order valence-corrected chi connectivity index (χ0v) is 12.7. The summed E-state index contributed by atoms with van der Waals surface area (Å²) in [6.45, 7) is 1.65. The first-order chi connectivity index (χ1) is 8.84. The Bertz CT molecular complexity index is 575. The number of hydrogen-bond acceptors (Lipinski definition) is 4. The van der Waals surface area contributed by atoms with Crippen molar-refractivity contribution in [1.82, 2.24) is 4.31 Å². The molecule has 106 valence electrons. The summed E-state index contributed by atoms with van der Waals surface area (Å²) < 4.78 is 25.9. The molecule has 5 nitrogen and oxygen atoms in total. The molecule has 8 heteroatoms. The lowest BCUT2D eigenvalue weighted by molar-refractivity contribution is 0.257. The number of aliphatic hydroxyl groups excluding tert-OH is 1. The molecule has 19 heavy (non-hydrogen) atoms. The Balaban J connectivity index is 3.34. The number of likely N-dealkylation sites (N-methyl/N-ethyl adjacent to an activating group) is 1. The first-order valence-electron chi connectivity index (χ1n) is 5.55. The Morgan fingerprint density at radius 2 is 2.16 bits per heavy atom. The van der Waals surface area contributed by atoms with Crippen LogP contribution in [0.4, 0.5) is 0 Å². The number of benzene rings is 1. The molecule has 3 N–H and O–H groups in total. The van der Waals surface area contributed by atoms with Crippen LogP contribution in [0.25, 0.3) is 0 Å². The summed E-state index contributed by atoms with van der Waals surface area (Å²) in [6, 6.07) is 4.35. The first kappa shape index (κ1) is 16.3. The van der Waals surface area contributed by atoms with Gasteiger partial charge in [0.2, 0.25) is 10.0 Å². The Labute approximate surface area is 123 Å². The standard InChI is InChI=1S/C11H15ClN2O3S2/c1-2-14(5-6-15)19(16,17)10-7-8(11(13)18)3-4-9(10)12/h3-4,7,15H,2,5-6H2,1H3,(H2,13,18). The van der Waals surface area contributed by atoms with Crippen LogP contribution in [-0.2, 0) is 10.0 Å². The van der Waals surface area contributed by atoms with Gasteiger partial charge in [-0.1, -0.05) is 36.8 Å². The summed E-state index contributed by atoms with van der Waals surface area (Å²) in [5.74, 6) is 0. The zero-order chi connectivity index (χ0) is 14.6. The van der Waals surface area contributed by atoms with E-state index in [0.29, 0.717) is 5.56 Å². The van der Waals surface area contributed by atoms with Crippen LogP contribution in [0.3, 0.4) is 0 Å². The van der Waals surface area contributed by atoms with Gasteiger partial charge in [0.1, 0.15) is 9.88 Å². The minimum Gasteiger partial charge on any atom is -0.395 e. The van der Waals surface area contributed by atoms with E-state index in [9.17, 15) is 8.42 Å². The maximum Gasteiger partial charge on any atom is 0.244 e. The second kappa shape index (κ2) is 6.62. The highest BCUT2D eigenvalue weighted by Crippen LogP contribution is 2.25. The summed E-state index contributed by atoms with van der Waals surface area (Å²) in [5, 5.41) is 9.00. The lowest BCUT2D eigenvalue weighted by Crippen LogP contribution is -2.33. The second-order valence-corrected chi connectivity index (χ2v) is 6.48.